The third-order valence-electron chi connectivity index (χ3n) is 4.20. The van der Waals surface area contributed by atoms with Gasteiger partial charge in [0.05, 0.1) is 26.1 Å². The number of amides is 2. The van der Waals surface area contributed by atoms with E-state index in [-0.39, 0.29) is 27.9 Å². The summed E-state index contributed by atoms with van der Waals surface area (Å²) in [5.41, 5.74) is 0.443. The van der Waals surface area contributed by atoms with Crippen LogP contribution in [0.2, 0.25) is 5.02 Å². The fourth-order valence-corrected chi connectivity index (χ4v) is 3.31. The average molecular weight is 474 g/mol. The van der Waals surface area contributed by atoms with Crippen molar-refractivity contribution in [2.75, 3.05) is 10.6 Å². The van der Waals surface area contributed by atoms with Gasteiger partial charge in [0.25, 0.3) is 17.5 Å². The molecule has 9 nitrogen and oxygen atoms in total. The average Bonchev–Trinajstić information content (AvgIpc) is 3.30. The first-order valence-corrected chi connectivity index (χ1v) is 10.4. The summed E-state index contributed by atoms with van der Waals surface area (Å²) in [6, 6.07) is 13.0. The molecule has 0 saturated carbocycles. The number of hydrogen-bond acceptors (Lipinski definition) is 7. The van der Waals surface area contributed by atoms with Crippen LogP contribution >= 0.6 is 22.9 Å². The standard InChI is InChI=1S/C21H16ClN3O6S/c1-12(19(26)24-17-11-15(25(29)30)8-9-16(17)22)31-21(28)13-4-6-14(7-5-13)23-20(27)18-3-2-10-32-18/h2-12H,1H3,(H,23,27)(H,24,26). The number of hydrogen-bond donors (Lipinski definition) is 2. The Morgan fingerprint density at radius 3 is 2.44 bits per heavy atom. The molecule has 1 unspecified atom stereocenters. The maximum Gasteiger partial charge on any atom is 0.338 e. The van der Waals surface area contributed by atoms with E-state index in [0.717, 1.165) is 6.07 Å². The molecule has 11 heteroatoms. The summed E-state index contributed by atoms with van der Waals surface area (Å²) in [6.45, 7) is 1.36. The quantitative estimate of drug-likeness (QED) is 0.289. The molecule has 0 saturated heterocycles. The van der Waals surface area contributed by atoms with Crippen molar-refractivity contribution < 1.29 is 24.0 Å². The van der Waals surface area contributed by atoms with Crippen LogP contribution in [0.25, 0.3) is 0 Å². The molecule has 2 aromatic carbocycles. The first-order chi connectivity index (χ1) is 15.2. The minimum atomic E-state index is -1.20. The summed E-state index contributed by atoms with van der Waals surface area (Å²) in [5, 5.41) is 17.9. The zero-order valence-electron chi connectivity index (χ0n) is 16.5. The van der Waals surface area contributed by atoms with Crippen LogP contribution in [0.1, 0.15) is 27.0 Å². The predicted octanol–water partition coefficient (Wildman–Crippen LogP) is 4.75. The van der Waals surface area contributed by atoms with Crippen LogP contribution in [0.3, 0.4) is 0 Å². The Kier molecular flexibility index (Phi) is 7.18. The molecule has 1 heterocycles. The van der Waals surface area contributed by atoms with Crippen molar-refractivity contribution in [3.8, 4) is 0 Å². The van der Waals surface area contributed by atoms with Gasteiger partial charge in [-0.1, -0.05) is 17.7 Å². The van der Waals surface area contributed by atoms with E-state index in [2.05, 4.69) is 10.6 Å². The lowest BCUT2D eigenvalue weighted by molar-refractivity contribution is -0.384. The molecule has 0 radical (unpaired) electrons. The molecule has 0 aliphatic rings. The minimum Gasteiger partial charge on any atom is -0.449 e. The molecule has 3 aromatic rings. The summed E-state index contributed by atoms with van der Waals surface area (Å²) in [5.74, 6) is -1.73. The summed E-state index contributed by atoms with van der Waals surface area (Å²) in [7, 11) is 0. The molecule has 0 fully saturated rings. The van der Waals surface area contributed by atoms with Gasteiger partial charge in [0, 0.05) is 17.8 Å². The van der Waals surface area contributed by atoms with Crippen molar-refractivity contribution in [2.24, 2.45) is 0 Å². The second kappa shape index (κ2) is 10.0. The Morgan fingerprint density at radius 2 is 1.81 bits per heavy atom. The van der Waals surface area contributed by atoms with Gasteiger partial charge >= 0.3 is 5.97 Å². The van der Waals surface area contributed by atoms with Gasteiger partial charge in [0.15, 0.2) is 6.10 Å². The molecule has 3 rings (SSSR count). The fraction of sp³-hybridized carbons (Fsp3) is 0.0952. The number of carbonyl (C=O) groups is 3. The van der Waals surface area contributed by atoms with Crippen LogP contribution in [-0.4, -0.2) is 28.8 Å². The number of nitro groups is 1. The summed E-state index contributed by atoms with van der Waals surface area (Å²) < 4.78 is 5.15. The Bertz CT molecular complexity index is 1160. The van der Waals surface area contributed by atoms with E-state index in [1.54, 1.807) is 17.5 Å². The lowest BCUT2D eigenvalue weighted by Crippen LogP contribution is -2.30. The van der Waals surface area contributed by atoms with Gasteiger partial charge in [-0.2, -0.15) is 0 Å². The van der Waals surface area contributed by atoms with Crippen LogP contribution < -0.4 is 10.6 Å². The smallest absolute Gasteiger partial charge is 0.338 e. The molecule has 0 spiro atoms. The number of halogens is 1. The molecule has 0 bridgehead atoms. The number of nitrogens with one attached hydrogen (secondary N) is 2. The SMILES string of the molecule is CC(OC(=O)c1ccc(NC(=O)c2cccs2)cc1)C(=O)Nc1cc([N+](=O)[O-])ccc1Cl. The minimum absolute atomic E-state index is 0.0274. The number of carbonyl (C=O) groups excluding carboxylic acids is 3. The van der Waals surface area contributed by atoms with Crippen LogP contribution in [0.5, 0.6) is 0 Å². The molecule has 32 heavy (non-hydrogen) atoms. The zero-order chi connectivity index (χ0) is 23.3. The Labute approximate surface area is 191 Å². The number of esters is 1. The third kappa shape index (κ3) is 5.68. The number of ether oxygens (including phenoxy) is 1. The monoisotopic (exact) mass is 473 g/mol. The maximum atomic E-state index is 12.3. The first-order valence-electron chi connectivity index (χ1n) is 9.15. The second-order valence-electron chi connectivity index (χ2n) is 6.47. The van der Waals surface area contributed by atoms with E-state index < -0.39 is 22.9 Å². The van der Waals surface area contributed by atoms with Crippen molar-refractivity contribution in [2.45, 2.75) is 13.0 Å². The highest BCUT2D eigenvalue weighted by atomic mass is 35.5. The largest absolute Gasteiger partial charge is 0.449 e. The molecule has 0 aliphatic heterocycles. The lowest BCUT2D eigenvalue weighted by atomic mass is 10.2. The third-order valence-corrected chi connectivity index (χ3v) is 5.39. The van der Waals surface area contributed by atoms with Crippen molar-refractivity contribution in [1.82, 2.24) is 0 Å². The molecule has 2 amide bonds. The lowest BCUT2D eigenvalue weighted by Gasteiger charge is -2.14. The number of non-ortho nitro benzene ring substituents is 1. The highest BCUT2D eigenvalue weighted by Crippen LogP contribution is 2.27. The Balaban J connectivity index is 1.59. The van der Waals surface area contributed by atoms with E-state index in [1.807, 2.05) is 0 Å². The molecule has 1 aromatic heterocycles. The normalized spacial score (nSPS) is 11.3. The topological polar surface area (TPSA) is 128 Å². The number of nitro benzene ring substituents is 1. The van der Waals surface area contributed by atoms with Crippen LogP contribution in [0.4, 0.5) is 17.1 Å². The van der Waals surface area contributed by atoms with Gasteiger partial charge in [-0.3, -0.25) is 19.7 Å². The highest BCUT2D eigenvalue weighted by molar-refractivity contribution is 7.12. The highest BCUT2D eigenvalue weighted by Gasteiger charge is 2.21. The second-order valence-corrected chi connectivity index (χ2v) is 7.82. The van der Waals surface area contributed by atoms with Gasteiger partial charge < -0.3 is 15.4 Å². The van der Waals surface area contributed by atoms with Crippen molar-refractivity contribution in [3.63, 3.8) is 0 Å². The van der Waals surface area contributed by atoms with Gasteiger partial charge in [0.1, 0.15) is 0 Å². The molecule has 0 aliphatic carbocycles. The van der Waals surface area contributed by atoms with Crippen molar-refractivity contribution in [1.29, 1.82) is 0 Å². The molecular weight excluding hydrogens is 458 g/mol. The van der Waals surface area contributed by atoms with Crippen LogP contribution in [0.15, 0.2) is 60.0 Å². The fourth-order valence-electron chi connectivity index (χ4n) is 2.53. The number of thiophene rings is 1. The zero-order valence-corrected chi connectivity index (χ0v) is 18.1. The first kappa shape index (κ1) is 22.9. The Morgan fingerprint density at radius 1 is 1.09 bits per heavy atom. The number of nitrogens with zero attached hydrogens (tertiary/aromatic N) is 1. The van der Waals surface area contributed by atoms with Crippen LogP contribution in [0, 0.1) is 10.1 Å². The van der Waals surface area contributed by atoms with Crippen molar-refractivity contribution in [3.05, 3.63) is 85.6 Å². The van der Waals surface area contributed by atoms with E-state index in [4.69, 9.17) is 16.3 Å². The van der Waals surface area contributed by atoms with E-state index in [9.17, 15) is 24.5 Å². The predicted molar refractivity (Wildman–Crippen MR) is 120 cm³/mol. The summed E-state index contributed by atoms with van der Waals surface area (Å²) >= 11 is 7.27. The molecule has 2 N–H and O–H groups in total. The number of benzene rings is 2. The molecule has 164 valence electrons. The van der Waals surface area contributed by atoms with Gasteiger partial charge in [-0.15, -0.1) is 11.3 Å². The number of anilines is 2. The Hall–Kier alpha value is -3.76. The van der Waals surface area contributed by atoms with E-state index >= 15 is 0 Å². The van der Waals surface area contributed by atoms with Gasteiger partial charge in [-0.05, 0) is 48.7 Å². The molecular formula is C21H16ClN3O6S. The maximum absolute atomic E-state index is 12.3. The van der Waals surface area contributed by atoms with E-state index in [1.165, 1.54) is 54.7 Å². The van der Waals surface area contributed by atoms with Crippen molar-refractivity contribution >= 4 is 57.8 Å². The van der Waals surface area contributed by atoms with Crippen LogP contribution in [-0.2, 0) is 9.53 Å². The van der Waals surface area contributed by atoms with Gasteiger partial charge in [0.2, 0.25) is 0 Å². The van der Waals surface area contributed by atoms with Gasteiger partial charge in [-0.25, -0.2) is 4.79 Å². The summed E-state index contributed by atoms with van der Waals surface area (Å²) in [6.07, 6.45) is -1.20. The number of rotatable bonds is 7. The summed E-state index contributed by atoms with van der Waals surface area (Å²) in [4.78, 5) is 47.6. The van der Waals surface area contributed by atoms with E-state index in [0.29, 0.717) is 10.6 Å². The molecule has 1 atom stereocenters.